The summed E-state index contributed by atoms with van der Waals surface area (Å²) in [5.41, 5.74) is 0.624. The number of urea groups is 1. The molecule has 7 nitrogen and oxygen atoms in total. The first-order valence-electron chi connectivity index (χ1n) is 6.40. The number of methoxy groups -OCH3 is 1. The van der Waals surface area contributed by atoms with Crippen molar-refractivity contribution in [2.24, 2.45) is 0 Å². The van der Waals surface area contributed by atoms with Crippen LogP contribution in [-0.2, 0) is 16.1 Å². The van der Waals surface area contributed by atoms with E-state index in [2.05, 4.69) is 4.74 Å². The van der Waals surface area contributed by atoms with Crippen LogP contribution < -0.4 is 5.11 Å². The number of carbonyl (C=O) groups is 3. The van der Waals surface area contributed by atoms with Crippen LogP contribution in [0.25, 0.3) is 0 Å². The number of amides is 3. The summed E-state index contributed by atoms with van der Waals surface area (Å²) in [6.07, 6.45) is -1.61. The number of quaternary nitrogens is 1. The molecule has 0 aliphatic carbocycles. The second-order valence-corrected chi connectivity index (χ2v) is 4.98. The lowest BCUT2D eigenvalue weighted by Gasteiger charge is -2.33. The minimum Gasteiger partial charge on any atom is -0.498 e. The largest absolute Gasteiger partial charge is 0.498 e. The molecular weight excluding hydrogens is 276 g/mol. The van der Waals surface area contributed by atoms with E-state index in [-0.39, 0.29) is 13.1 Å². The SMILES string of the molecule is COC(=O)C1CN(C)C(=O)[N+]1(Cc1ccccc1)C(=O)[O-]. The van der Waals surface area contributed by atoms with Crippen LogP contribution in [-0.4, -0.2) is 54.2 Å². The number of benzene rings is 1. The van der Waals surface area contributed by atoms with E-state index in [9.17, 15) is 19.5 Å². The molecule has 21 heavy (non-hydrogen) atoms. The molecule has 1 saturated heterocycles. The Bertz CT molecular complexity index is 574. The number of carboxylic acid groups (broad SMARTS) is 1. The van der Waals surface area contributed by atoms with Gasteiger partial charge >= 0.3 is 12.0 Å². The van der Waals surface area contributed by atoms with Gasteiger partial charge in [-0.25, -0.2) is 9.59 Å². The molecule has 0 aromatic heterocycles. The van der Waals surface area contributed by atoms with Gasteiger partial charge in [0.05, 0.1) is 13.7 Å². The summed E-state index contributed by atoms with van der Waals surface area (Å²) < 4.78 is 3.55. The van der Waals surface area contributed by atoms with Crippen LogP contribution in [0.2, 0.25) is 0 Å². The molecule has 1 heterocycles. The zero-order valence-corrected chi connectivity index (χ0v) is 11.8. The Balaban J connectivity index is 2.49. The van der Waals surface area contributed by atoms with Crippen LogP contribution >= 0.6 is 0 Å². The number of likely N-dealkylation sites (N-methyl/N-ethyl adjacent to an activating group) is 1. The number of rotatable bonds is 3. The van der Waals surface area contributed by atoms with Crippen molar-refractivity contribution in [3.63, 3.8) is 0 Å². The first-order chi connectivity index (χ1) is 9.93. The van der Waals surface area contributed by atoms with Crippen molar-refractivity contribution in [3.05, 3.63) is 35.9 Å². The number of carbonyl (C=O) groups excluding carboxylic acids is 3. The molecule has 0 spiro atoms. The van der Waals surface area contributed by atoms with E-state index < -0.39 is 28.6 Å². The standard InChI is InChI=1S/C14H16N2O5/c1-15-8-11(12(17)21-2)16(13(15)18,14(19)20)9-10-6-4-3-5-7-10/h3-7,11H,8-9H2,1-2H3. The van der Waals surface area contributed by atoms with Gasteiger partial charge in [-0.05, 0) is 0 Å². The van der Waals surface area contributed by atoms with Gasteiger partial charge in [-0.3, -0.25) is 4.90 Å². The minimum absolute atomic E-state index is 0.0215. The maximum Gasteiger partial charge on any atom is 0.426 e. The molecule has 2 unspecified atom stereocenters. The van der Waals surface area contributed by atoms with Crippen molar-refractivity contribution in [3.8, 4) is 0 Å². The van der Waals surface area contributed by atoms with Crippen LogP contribution in [0.4, 0.5) is 9.59 Å². The zero-order chi connectivity index (χ0) is 15.6. The van der Waals surface area contributed by atoms with Gasteiger partial charge < -0.3 is 14.6 Å². The van der Waals surface area contributed by atoms with Crippen LogP contribution in [0.3, 0.4) is 0 Å². The van der Waals surface area contributed by atoms with Crippen LogP contribution in [0.5, 0.6) is 0 Å². The highest BCUT2D eigenvalue weighted by molar-refractivity contribution is 5.88. The number of esters is 1. The van der Waals surface area contributed by atoms with Crippen molar-refractivity contribution in [2.45, 2.75) is 12.6 Å². The Morgan fingerprint density at radius 1 is 1.38 bits per heavy atom. The molecule has 7 heteroatoms. The van der Waals surface area contributed by atoms with Crippen molar-refractivity contribution in [1.82, 2.24) is 4.90 Å². The van der Waals surface area contributed by atoms with Gasteiger partial charge in [-0.15, -0.1) is 0 Å². The van der Waals surface area contributed by atoms with Gasteiger partial charge in [0.15, 0.2) is 0 Å². The molecule has 1 aromatic rings. The van der Waals surface area contributed by atoms with Gasteiger partial charge in [-0.1, -0.05) is 30.3 Å². The summed E-state index contributed by atoms with van der Waals surface area (Å²) in [6, 6.07) is 6.82. The predicted octanol–water partition coefficient (Wildman–Crippen LogP) is -0.0463. The van der Waals surface area contributed by atoms with Crippen molar-refractivity contribution >= 4 is 18.1 Å². The minimum atomic E-state index is -1.61. The molecule has 112 valence electrons. The molecule has 1 fully saturated rings. The highest BCUT2D eigenvalue weighted by Crippen LogP contribution is 2.29. The lowest BCUT2D eigenvalue weighted by Crippen LogP contribution is -2.65. The highest BCUT2D eigenvalue weighted by Gasteiger charge is 2.59. The fourth-order valence-electron chi connectivity index (χ4n) is 2.62. The lowest BCUT2D eigenvalue weighted by atomic mass is 10.1. The molecule has 2 rings (SSSR count). The molecule has 0 radical (unpaired) electrons. The van der Waals surface area contributed by atoms with Crippen molar-refractivity contribution in [2.75, 3.05) is 20.7 Å². The summed E-state index contributed by atoms with van der Waals surface area (Å²) >= 11 is 0. The number of hydrogen-bond donors (Lipinski definition) is 0. The van der Waals surface area contributed by atoms with Gasteiger partial charge in [0.25, 0.3) is 6.09 Å². The second kappa shape index (κ2) is 5.53. The first-order valence-corrected chi connectivity index (χ1v) is 6.40. The van der Waals surface area contributed by atoms with Gasteiger partial charge in [0.1, 0.15) is 6.54 Å². The Labute approximate surface area is 121 Å². The quantitative estimate of drug-likeness (QED) is 0.576. The van der Waals surface area contributed by atoms with Gasteiger partial charge in [0.2, 0.25) is 6.04 Å². The smallest absolute Gasteiger partial charge is 0.426 e. The molecule has 0 saturated carbocycles. The van der Waals surface area contributed by atoms with Crippen molar-refractivity contribution in [1.29, 1.82) is 0 Å². The summed E-state index contributed by atoms with van der Waals surface area (Å²) in [7, 11) is 2.61. The monoisotopic (exact) mass is 292 g/mol. The average molecular weight is 292 g/mol. The predicted molar refractivity (Wildman–Crippen MR) is 69.6 cm³/mol. The average Bonchev–Trinajstić information content (AvgIpc) is 2.73. The number of nitrogens with zero attached hydrogens (tertiary/aromatic N) is 2. The van der Waals surface area contributed by atoms with Crippen molar-refractivity contribution < 1.29 is 28.7 Å². The Kier molecular flexibility index (Phi) is 3.95. The highest BCUT2D eigenvalue weighted by atomic mass is 16.5. The number of ether oxygens (including phenoxy) is 1. The van der Waals surface area contributed by atoms with E-state index in [1.54, 1.807) is 30.3 Å². The molecular formula is C14H16N2O5. The van der Waals surface area contributed by atoms with Crippen LogP contribution in [0.15, 0.2) is 30.3 Å². The van der Waals surface area contributed by atoms with Crippen LogP contribution in [0.1, 0.15) is 5.56 Å². The van der Waals surface area contributed by atoms with E-state index >= 15 is 0 Å². The van der Waals surface area contributed by atoms with E-state index in [0.717, 1.165) is 7.11 Å². The zero-order valence-electron chi connectivity index (χ0n) is 11.8. The van der Waals surface area contributed by atoms with E-state index in [4.69, 9.17) is 0 Å². The topological polar surface area (TPSA) is 86.7 Å². The summed E-state index contributed by atoms with van der Waals surface area (Å²) in [4.78, 5) is 37.2. The molecule has 1 aliphatic heterocycles. The molecule has 1 aliphatic rings. The number of imide groups is 1. The number of hydrogen-bond acceptors (Lipinski definition) is 5. The molecule has 0 N–H and O–H groups in total. The van der Waals surface area contributed by atoms with E-state index in [1.807, 2.05) is 0 Å². The molecule has 0 bridgehead atoms. The Morgan fingerprint density at radius 2 is 2.00 bits per heavy atom. The first kappa shape index (κ1) is 15.0. The summed E-state index contributed by atoms with van der Waals surface area (Å²) in [5, 5.41) is 11.7. The normalized spacial score (nSPS) is 25.0. The maximum atomic E-state index is 12.4. The van der Waals surface area contributed by atoms with E-state index in [1.165, 1.54) is 11.9 Å². The third-order valence-electron chi connectivity index (χ3n) is 3.72. The molecule has 3 amide bonds. The third-order valence-corrected chi connectivity index (χ3v) is 3.72. The summed E-state index contributed by atoms with van der Waals surface area (Å²) in [5.74, 6) is -0.743. The Hall–Kier alpha value is -2.41. The van der Waals surface area contributed by atoms with Crippen LogP contribution in [0, 0.1) is 0 Å². The van der Waals surface area contributed by atoms with E-state index in [0.29, 0.717) is 5.56 Å². The Morgan fingerprint density at radius 3 is 2.52 bits per heavy atom. The van der Waals surface area contributed by atoms with Gasteiger partial charge in [0, 0.05) is 12.6 Å². The lowest BCUT2D eigenvalue weighted by molar-refractivity contribution is -0.820. The third kappa shape index (κ3) is 2.36. The summed E-state index contributed by atoms with van der Waals surface area (Å²) in [6.45, 7) is -0.182. The fraction of sp³-hybridized carbons (Fsp3) is 0.357. The maximum absolute atomic E-state index is 12.4. The molecule has 2 atom stereocenters. The second-order valence-electron chi connectivity index (χ2n) is 4.98. The fourth-order valence-corrected chi connectivity index (χ4v) is 2.62. The molecule has 1 aromatic carbocycles. The van der Waals surface area contributed by atoms with Gasteiger partial charge in [-0.2, -0.15) is 4.48 Å².